The Morgan fingerprint density at radius 1 is 1.19 bits per heavy atom. The van der Waals surface area contributed by atoms with Crippen LogP contribution in [0.1, 0.15) is 33.8 Å². The van der Waals surface area contributed by atoms with E-state index >= 15 is 0 Å². The Morgan fingerprint density at radius 3 is 2.75 bits per heavy atom. The maximum atomic E-state index is 13.3. The molecule has 2 aromatic heterocycles. The van der Waals surface area contributed by atoms with Crippen LogP contribution in [0.4, 0.5) is 5.13 Å². The summed E-state index contributed by atoms with van der Waals surface area (Å²) in [7, 11) is 0. The Kier molecular flexibility index (Phi) is 5.33. The summed E-state index contributed by atoms with van der Waals surface area (Å²) < 4.78 is 0.939. The summed E-state index contributed by atoms with van der Waals surface area (Å²) >= 11 is 8.86. The van der Waals surface area contributed by atoms with Crippen molar-refractivity contribution in [3.8, 4) is 0 Å². The number of aryl methyl sites for hydroxylation is 1. The molecule has 3 heterocycles. The summed E-state index contributed by atoms with van der Waals surface area (Å²) in [5, 5.41) is 13.5. The fourth-order valence-corrected chi connectivity index (χ4v) is 5.78. The second-order valence-corrected chi connectivity index (χ2v) is 9.75. The number of amides is 1. The van der Waals surface area contributed by atoms with Gasteiger partial charge in [-0.15, -0.1) is 11.3 Å². The minimum atomic E-state index is -0.831. The molecule has 0 fully saturated rings. The molecule has 32 heavy (non-hydrogen) atoms. The molecule has 0 saturated carbocycles. The number of Topliss-reactive ketones (excluding diaryl/α,β-unsaturated/α-hetero) is 1. The minimum Gasteiger partial charge on any atom is -0.503 e. The molecule has 1 aliphatic rings. The Morgan fingerprint density at radius 2 is 2.03 bits per heavy atom. The summed E-state index contributed by atoms with van der Waals surface area (Å²) in [5.41, 5.74) is 2.59. The SMILES string of the molecule is CCc1ccc2nc(N3C(=O)C(O)=C(C(=O)c4cccs4)[C@H]3c3cccc(Cl)c3)sc2c1. The van der Waals surface area contributed by atoms with Crippen LogP contribution >= 0.6 is 34.3 Å². The third-order valence-corrected chi connectivity index (χ3v) is 7.54. The fourth-order valence-electron chi connectivity index (χ4n) is 3.85. The van der Waals surface area contributed by atoms with Gasteiger partial charge in [-0.2, -0.15) is 0 Å². The number of thiophene rings is 1. The van der Waals surface area contributed by atoms with Crippen molar-refractivity contribution < 1.29 is 14.7 Å². The molecular formula is C24H17ClN2O3S2. The van der Waals surface area contributed by atoms with Gasteiger partial charge in [-0.05, 0) is 53.3 Å². The van der Waals surface area contributed by atoms with Gasteiger partial charge in [0.05, 0.1) is 26.7 Å². The molecule has 5 rings (SSSR count). The van der Waals surface area contributed by atoms with Gasteiger partial charge in [0, 0.05) is 5.02 Å². The van der Waals surface area contributed by atoms with Crippen molar-refractivity contribution in [1.82, 2.24) is 4.98 Å². The number of hydrogen-bond donors (Lipinski definition) is 1. The maximum absolute atomic E-state index is 13.3. The number of aromatic nitrogens is 1. The molecule has 0 bridgehead atoms. The van der Waals surface area contributed by atoms with Gasteiger partial charge >= 0.3 is 0 Å². The predicted molar refractivity (Wildman–Crippen MR) is 129 cm³/mol. The second kappa shape index (κ2) is 8.16. The number of aliphatic hydroxyl groups is 1. The molecule has 0 spiro atoms. The fraction of sp³-hybridized carbons (Fsp3) is 0.125. The summed E-state index contributed by atoms with van der Waals surface area (Å²) in [6.45, 7) is 2.08. The van der Waals surface area contributed by atoms with Crippen molar-refractivity contribution in [1.29, 1.82) is 0 Å². The van der Waals surface area contributed by atoms with E-state index in [0.29, 0.717) is 20.6 Å². The van der Waals surface area contributed by atoms with Crippen LogP contribution in [0.25, 0.3) is 10.2 Å². The summed E-state index contributed by atoms with van der Waals surface area (Å²) in [6.07, 6.45) is 0.888. The van der Waals surface area contributed by atoms with Crippen molar-refractivity contribution in [2.75, 3.05) is 4.90 Å². The first-order chi connectivity index (χ1) is 15.5. The Balaban J connectivity index is 1.68. The lowest BCUT2D eigenvalue weighted by Gasteiger charge is -2.24. The second-order valence-electron chi connectivity index (χ2n) is 7.35. The van der Waals surface area contributed by atoms with Crippen molar-refractivity contribution >= 4 is 61.3 Å². The smallest absolute Gasteiger partial charge is 0.296 e. The zero-order chi connectivity index (χ0) is 22.4. The first-order valence-electron chi connectivity index (χ1n) is 9.97. The highest BCUT2D eigenvalue weighted by atomic mass is 35.5. The first-order valence-corrected chi connectivity index (χ1v) is 12.0. The molecule has 160 valence electrons. The largest absolute Gasteiger partial charge is 0.503 e. The van der Waals surface area contributed by atoms with Crippen LogP contribution in [0.3, 0.4) is 0 Å². The number of carbonyl (C=O) groups is 2. The number of carbonyl (C=O) groups excluding carboxylic acids is 2. The van der Waals surface area contributed by atoms with Gasteiger partial charge in [-0.3, -0.25) is 14.5 Å². The number of anilines is 1. The van der Waals surface area contributed by atoms with Gasteiger partial charge < -0.3 is 5.11 Å². The summed E-state index contributed by atoms with van der Waals surface area (Å²) in [5.74, 6) is -1.58. The molecule has 0 aliphatic carbocycles. The summed E-state index contributed by atoms with van der Waals surface area (Å²) in [6, 6.07) is 15.6. The lowest BCUT2D eigenvalue weighted by molar-refractivity contribution is -0.117. The van der Waals surface area contributed by atoms with Crippen LogP contribution < -0.4 is 4.90 Å². The molecule has 1 atom stereocenters. The summed E-state index contributed by atoms with van der Waals surface area (Å²) in [4.78, 5) is 33.1. The molecule has 0 unspecified atom stereocenters. The molecule has 0 radical (unpaired) electrons. The van der Waals surface area contributed by atoms with E-state index < -0.39 is 17.7 Å². The van der Waals surface area contributed by atoms with Gasteiger partial charge in [-0.1, -0.05) is 54.1 Å². The van der Waals surface area contributed by atoms with E-state index in [1.54, 1.807) is 41.8 Å². The van der Waals surface area contributed by atoms with Crippen molar-refractivity contribution in [2.45, 2.75) is 19.4 Å². The van der Waals surface area contributed by atoms with Crippen LogP contribution in [-0.2, 0) is 11.2 Å². The van der Waals surface area contributed by atoms with E-state index in [2.05, 4.69) is 18.0 Å². The van der Waals surface area contributed by atoms with Gasteiger partial charge in [0.1, 0.15) is 0 Å². The van der Waals surface area contributed by atoms with Gasteiger partial charge in [-0.25, -0.2) is 4.98 Å². The number of halogens is 1. The van der Waals surface area contributed by atoms with E-state index in [9.17, 15) is 14.7 Å². The van der Waals surface area contributed by atoms with Crippen molar-refractivity contribution in [2.24, 2.45) is 0 Å². The standard InChI is InChI=1S/C24H17ClN2O3S2/c1-2-13-8-9-16-18(11-13)32-24(26-16)27-20(14-5-3-6-15(25)12-14)19(22(29)23(27)30)21(28)17-7-4-10-31-17/h3-12,20,29H,2H2,1H3/t20-/m1/s1. The zero-order valence-corrected chi connectivity index (χ0v) is 19.3. The monoisotopic (exact) mass is 480 g/mol. The number of aliphatic hydroxyl groups excluding tert-OH is 1. The number of ketones is 1. The average Bonchev–Trinajstić information content (AvgIpc) is 3.51. The van der Waals surface area contributed by atoms with Crippen molar-refractivity contribution in [3.05, 3.63) is 92.3 Å². The normalized spacial score (nSPS) is 16.4. The molecule has 1 amide bonds. The van der Waals surface area contributed by atoms with Crippen LogP contribution in [-0.4, -0.2) is 21.8 Å². The Bertz CT molecular complexity index is 1390. The van der Waals surface area contributed by atoms with Crippen LogP contribution in [0.15, 0.2) is 71.3 Å². The van der Waals surface area contributed by atoms with Crippen LogP contribution in [0.5, 0.6) is 0 Å². The quantitative estimate of drug-likeness (QED) is 0.337. The Labute approximate surface area is 197 Å². The molecule has 5 nitrogen and oxygen atoms in total. The topological polar surface area (TPSA) is 70.5 Å². The van der Waals surface area contributed by atoms with E-state index in [-0.39, 0.29) is 11.4 Å². The van der Waals surface area contributed by atoms with Gasteiger partial charge in [0.2, 0.25) is 5.78 Å². The van der Waals surface area contributed by atoms with Crippen molar-refractivity contribution in [3.63, 3.8) is 0 Å². The van der Waals surface area contributed by atoms with E-state index in [4.69, 9.17) is 11.6 Å². The van der Waals surface area contributed by atoms with Gasteiger partial charge in [0.15, 0.2) is 10.9 Å². The third kappa shape index (κ3) is 3.43. The average molecular weight is 481 g/mol. The number of nitrogens with zero attached hydrogens (tertiary/aromatic N) is 2. The molecule has 1 aliphatic heterocycles. The predicted octanol–water partition coefficient (Wildman–Crippen LogP) is 6.36. The van der Waals surface area contributed by atoms with Crippen LogP contribution in [0.2, 0.25) is 5.02 Å². The lowest BCUT2D eigenvalue weighted by Crippen LogP contribution is -2.30. The highest BCUT2D eigenvalue weighted by molar-refractivity contribution is 7.22. The molecule has 0 saturated heterocycles. The minimum absolute atomic E-state index is 0.0354. The lowest BCUT2D eigenvalue weighted by atomic mass is 9.95. The molecular weight excluding hydrogens is 464 g/mol. The highest BCUT2D eigenvalue weighted by Gasteiger charge is 2.46. The van der Waals surface area contributed by atoms with E-state index in [0.717, 1.165) is 16.6 Å². The molecule has 1 N–H and O–H groups in total. The molecule has 8 heteroatoms. The number of rotatable bonds is 5. The molecule has 4 aromatic rings. The maximum Gasteiger partial charge on any atom is 0.296 e. The van der Waals surface area contributed by atoms with E-state index in [1.165, 1.54) is 33.1 Å². The molecule has 2 aromatic carbocycles. The van der Waals surface area contributed by atoms with Crippen LogP contribution in [0, 0.1) is 0 Å². The Hall–Kier alpha value is -3.00. The number of thiazole rings is 1. The van der Waals surface area contributed by atoms with E-state index in [1.807, 2.05) is 12.1 Å². The van der Waals surface area contributed by atoms with Gasteiger partial charge in [0.25, 0.3) is 5.91 Å². The number of fused-ring (bicyclic) bond motifs is 1. The number of hydrogen-bond acceptors (Lipinski definition) is 6. The number of benzene rings is 2. The zero-order valence-electron chi connectivity index (χ0n) is 16.9. The highest BCUT2D eigenvalue weighted by Crippen LogP contribution is 2.44. The third-order valence-electron chi connectivity index (χ3n) is 5.42. The first kappa shape index (κ1) is 20.9.